The molecule has 3 aromatic carbocycles. The summed E-state index contributed by atoms with van der Waals surface area (Å²) in [5.74, 6) is -0.0371. The SMILES string of the molecule is O=C(CCc1ccc(S(=O)(=O)NCc2ccccc2)cc1)N1CCN(c2cccc(C(F)(F)F)c2)CC1. The number of rotatable bonds is 8. The third kappa shape index (κ3) is 7.11. The van der Waals surface area contributed by atoms with Crippen LogP contribution in [0.2, 0.25) is 0 Å². The van der Waals surface area contributed by atoms with Gasteiger partial charge in [-0.2, -0.15) is 13.2 Å². The van der Waals surface area contributed by atoms with Crippen LogP contribution in [0.3, 0.4) is 0 Å². The first kappa shape index (κ1) is 26.7. The lowest BCUT2D eigenvalue weighted by atomic mass is 10.1. The van der Waals surface area contributed by atoms with Crippen LogP contribution in [0, 0.1) is 0 Å². The van der Waals surface area contributed by atoms with E-state index in [0.29, 0.717) is 38.3 Å². The maximum atomic E-state index is 13.0. The largest absolute Gasteiger partial charge is 0.416 e. The van der Waals surface area contributed by atoms with Crippen molar-refractivity contribution < 1.29 is 26.4 Å². The Morgan fingerprint density at radius 3 is 2.16 bits per heavy atom. The third-order valence-corrected chi connectivity index (χ3v) is 7.76. The smallest absolute Gasteiger partial charge is 0.368 e. The quantitative estimate of drug-likeness (QED) is 0.466. The van der Waals surface area contributed by atoms with Gasteiger partial charge in [-0.1, -0.05) is 48.5 Å². The van der Waals surface area contributed by atoms with Crippen LogP contribution in [0.5, 0.6) is 0 Å². The number of hydrogen-bond donors (Lipinski definition) is 1. The minimum absolute atomic E-state index is 0.0371. The molecule has 6 nitrogen and oxygen atoms in total. The van der Waals surface area contributed by atoms with Crippen molar-refractivity contribution >= 4 is 21.6 Å². The Bertz CT molecular complexity index is 1310. The van der Waals surface area contributed by atoms with Crippen molar-refractivity contribution in [3.8, 4) is 0 Å². The molecule has 10 heteroatoms. The average molecular weight is 532 g/mol. The Morgan fingerprint density at radius 2 is 1.51 bits per heavy atom. The number of alkyl halides is 3. The number of aryl methyl sites for hydroxylation is 1. The van der Waals surface area contributed by atoms with Crippen molar-refractivity contribution in [3.05, 3.63) is 95.6 Å². The molecule has 0 radical (unpaired) electrons. The summed E-state index contributed by atoms with van der Waals surface area (Å²) < 4.78 is 66.7. The molecule has 0 bridgehead atoms. The Balaban J connectivity index is 1.25. The molecule has 0 aliphatic carbocycles. The van der Waals surface area contributed by atoms with Crippen molar-refractivity contribution in [2.75, 3.05) is 31.1 Å². The molecular formula is C27H28F3N3O3S. The molecule has 1 aliphatic rings. The molecule has 37 heavy (non-hydrogen) atoms. The summed E-state index contributed by atoms with van der Waals surface area (Å²) in [4.78, 5) is 16.4. The topological polar surface area (TPSA) is 69.7 Å². The number of sulfonamides is 1. The van der Waals surface area contributed by atoms with Gasteiger partial charge in [0.15, 0.2) is 0 Å². The highest BCUT2D eigenvalue weighted by Gasteiger charge is 2.31. The highest BCUT2D eigenvalue weighted by atomic mass is 32.2. The van der Waals surface area contributed by atoms with E-state index in [-0.39, 0.29) is 23.8 Å². The van der Waals surface area contributed by atoms with Crippen molar-refractivity contribution in [3.63, 3.8) is 0 Å². The lowest BCUT2D eigenvalue weighted by Crippen LogP contribution is -2.48. The van der Waals surface area contributed by atoms with E-state index in [9.17, 15) is 26.4 Å². The van der Waals surface area contributed by atoms with E-state index in [1.165, 1.54) is 18.2 Å². The normalized spacial score (nSPS) is 14.6. The average Bonchev–Trinajstić information content (AvgIpc) is 2.91. The second-order valence-corrected chi connectivity index (χ2v) is 10.6. The van der Waals surface area contributed by atoms with Gasteiger partial charge in [0, 0.05) is 44.8 Å². The zero-order chi connectivity index (χ0) is 26.5. The summed E-state index contributed by atoms with van der Waals surface area (Å²) in [5, 5.41) is 0. The molecule has 0 aromatic heterocycles. The molecule has 1 N–H and O–H groups in total. The van der Waals surface area contributed by atoms with E-state index in [1.807, 2.05) is 35.2 Å². The number of benzene rings is 3. The van der Waals surface area contributed by atoms with Gasteiger partial charge in [-0.05, 0) is 47.9 Å². The van der Waals surface area contributed by atoms with E-state index in [2.05, 4.69) is 4.72 Å². The molecule has 1 fully saturated rings. The molecule has 4 rings (SSSR count). The predicted molar refractivity (Wildman–Crippen MR) is 135 cm³/mol. The zero-order valence-electron chi connectivity index (χ0n) is 20.1. The fourth-order valence-electron chi connectivity index (χ4n) is 4.20. The fourth-order valence-corrected chi connectivity index (χ4v) is 5.21. The number of carbonyl (C=O) groups excluding carboxylic acids is 1. The first-order chi connectivity index (χ1) is 17.6. The van der Waals surface area contributed by atoms with Gasteiger partial charge in [0.2, 0.25) is 15.9 Å². The number of nitrogens with zero attached hydrogens (tertiary/aromatic N) is 2. The minimum Gasteiger partial charge on any atom is -0.368 e. The second-order valence-electron chi connectivity index (χ2n) is 8.87. The van der Waals surface area contributed by atoms with Crippen LogP contribution in [0.15, 0.2) is 83.8 Å². The fraction of sp³-hybridized carbons (Fsp3) is 0.296. The summed E-state index contributed by atoms with van der Waals surface area (Å²) in [5.41, 5.74) is 1.51. The number of anilines is 1. The standard InChI is InChI=1S/C27H28F3N3O3S/c28-27(29,30)23-7-4-8-24(19-23)32-15-17-33(18-16-32)26(34)14-11-21-9-12-25(13-10-21)37(35,36)31-20-22-5-2-1-3-6-22/h1-10,12-13,19,31H,11,14-18,20H2. The van der Waals surface area contributed by atoms with Gasteiger partial charge >= 0.3 is 6.18 Å². The van der Waals surface area contributed by atoms with Gasteiger partial charge in [0.05, 0.1) is 10.5 Å². The number of amides is 1. The van der Waals surface area contributed by atoms with Crippen LogP contribution >= 0.6 is 0 Å². The van der Waals surface area contributed by atoms with Gasteiger partial charge < -0.3 is 9.80 Å². The van der Waals surface area contributed by atoms with Crippen LogP contribution < -0.4 is 9.62 Å². The lowest BCUT2D eigenvalue weighted by molar-refractivity contribution is -0.137. The monoisotopic (exact) mass is 531 g/mol. The highest BCUT2D eigenvalue weighted by Crippen LogP contribution is 2.32. The van der Waals surface area contributed by atoms with Gasteiger partial charge in [0.1, 0.15) is 0 Å². The van der Waals surface area contributed by atoms with Crippen molar-refractivity contribution in [2.24, 2.45) is 0 Å². The Morgan fingerprint density at radius 1 is 0.838 bits per heavy atom. The Labute approximate surface area is 214 Å². The van der Waals surface area contributed by atoms with E-state index in [0.717, 1.165) is 23.3 Å². The molecule has 196 valence electrons. The van der Waals surface area contributed by atoms with E-state index in [1.54, 1.807) is 23.1 Å². The molecule has 3 aromatic rings. The Hall–Kier alpha value is -3.37. The third-order valence-electron chi connectivity index (χ3n) is 6.34. The van der Waals surface area contributed by atoms with Crippen LogP contribution in [0.4, 0.5) is 18.9 Å². The maximum absolute atomic E-state index is 13.0. The van der Waals surface area contributed by atoms with Crippen LogP contribution in [0.1, 0.15) is 23.1 Å². The highest BCUT2D eigenvalue weighted by molar-refractivity contribution is 7.89. The van der Waals surface area contributed by atoms with Gasteiger partial charge in [-0.25, -0.2) is 13.1 Å². The molecule has 1 heterocycles. The van der Waals surface area contributed by atoms with Crippen molar-refractivity contribution in [1.29, 1.82) is 0 Å². The summed E-state index contributed by atoms with van der Waals surface area (Å²) in [6.07, 6.45) is -3.67. The molecule has 0 spiro atoms. The Kier molecular flexibility index (Phi) is 8.19. The summed E-state index contributed by atoms with van der Waals surface area (Å²) in [6, 6.07) is 20.9. The number of carbonyl (C=O) groups is 1. The molecule has 0 unspecified atom stereocenters. The zero-order valence-corrected chi connectivity index (χ0v) is 20.9. The van der Waals surface area contributed by atoms with Gasteiger partial charge in [-0.15, -0.1) is 0 Å². The molecule has 0 atom stereocenters. The minimum atomic E-state index is -4.39. The number of piperazine rings is 1. The van der Waals surface area contributed by atoms with E-state index < -0.39 is 21.8 Å². The van der Waals surface area contributed by atoms with Gasteiger partial charge in [-0.3, -0.25) is 4.79 Å². The molecule has 1 amide bonds. The summed E-state index contributed by atoms with van der Waals surface area (Å²) in [6.45, 7) is 1.96. The first-order valence-electron chi connectivity index (χ1n) is 11.9. The predicted octanol–water partition coefficient (Wildman–Crippen LogP) is 4.47. The number of halogens is 3. The van der Waals surface area contributed by atoms with Crippen LogP contribution in [-0.2, 0) is 34.0 Å². The van der Waals surface area contributed by atoms with Crippen LogP contribution in [0.25, 0.3) is 0 Å². The van der Waals surface area contributed by atoms with Gasteiger partial charge in [0.25, 0.3) is 0 Å². The molecule has 1 saturated heterocycles. The summed E-state index contributed by atoms with van der Waals surface area (Å²) in [7, 11) is -3.65. The molecule has 0 saturated carbocycles. The van der Waals surface area contributed by atoms with Crippen molar-refractivity contribution in [1.82, 2.24) is 9.62 Å². The molecule has 1 aliphatic heterocycles. The van der Waals surface area contributed by atoms with E-state index in [4.69, 9.17) is 0 Å². The summed E-state index contributed by atoms with van der Waals surface area (Å²) >= 11 is 0. The second kappa shape index (κ2) is 11.4. The first-order valence-corrected chi connectivity index (χ1v) is 13.4. The number of hydrogen-bond acceptors (Lipinski definition) is 4. The van der Waals surface area contributed by atoms with E-state index >= 15 is 0 Å². The lowest BCUT2D eigenvalue weighted by Gasteiger charge is -2.36. The maximum Gasteiger partial charge on any atom is 0.416 e. The number of nitrogens with one attached hydrogen (secondary N) is 1. The van der Waals surface area contributed by atoms with Crippen LogP contribution in [-0.4, -0.2) is 45.4 Å². The molecular weight excluding hydrogens is 503 g/mol. The van der Waals surface area contributed by atoms with Crippen molar-refractivity contribution in [2.45, 2.75) is 30.5 Å².